The molecule has 0 radical (unpaired) electrons. The molecule has 0 aliphatic heterocycles. The third-order valence-electron chi connectivity index (χ3n) is 12.0. The maximum absolute atomic E-state index is 10.0. The second-order valence-corrected chi connectivity index (χ2v) is 84.8. The topological polar surface area (TPSA) is 199 Å². The molecule has 484 valence electrons. The maximum Gasteiger partial charge on any atom is 0.314 e. The number of phenolic OH excluding ortho intramolecular Hbond substituents is 1. The lowest BCUT2D eigenvalue weighted by atomic mass is 10.1. The average molecular weight is 1430 g/mol. The molecule has 33 heteroatoms. The highest BCUT2D eigenvalue weighted by Gasteiger charge is 2.53. The second kappa shape index (κ2) is 29.4. The van der Waals surface area contributed by atoms with E-state index in [1.165, 1.54) is 0 Å². The Hall–Kier alpha value is 0.493. The molecular weight excluding hydrogens is 1310 g/mol. The van der Waals surface area contributed by atoms with Crippen molar-refractivity contribution in [2.45, 2.75) is 241 Å². The van der Waals surface area contributed by atoms with Gasteiger partial charge in [0.2, 0.25) is 0 Å². The predicted octanol–water partition coefficient (Wildman–Crippen LogP) is 14.9. The quantitative estimate of drug-likeness (QED) is 0.0536. The van der Waals surface area contributed by atoms with Gasteiger partial charge >= 0.3 is 111 Å². The van der Waals surface area contributed by atoms with Gasteiger partial charge in [0, 0.05) is 5.56 Å². The molecule has 18 nitrogen and oxygen atoms in total. The number of aliphatic hydroxyl groups is 1. The molecule has 0 unspecified atom stereocenters. The minimum Gasteiger partial charge on any atom is -0.508 e. The van der Waals surface area contributed by atoms with Crippen molar-refractivity contribution in [1.29, 1.82) is 0 Å². The van der Waals surface area contributed by atoms with Crippen molar-refractivity contribution in [2.75, 3.05) is 7.11 Å². The van der Waals surface area contributed by atoms with Crippen LogP contribution in [0.1, 0.15) is 29.5 Å². The van der Waals surface area contributed by atoms with Gasteiger partial charge in [-0.25, -0.2) is 0 Å². The summed E-state index contributed by atoms with van der Waals surface area (Å²) in [4.78, 5) is 0. The second-order valence-electron chi connectivity index (χ2n) is 29.0. The van der Waals surface area contributed by atoms with Crippen LogP contribution >= 0.6 is 0 Å². The molecule has 0 saturated heterocycles. The number of methoxy groups -OCH3 is 1. The molecule has 0 amide bonds. The predicted molar refractivity (Wildman–Crippen MR) is 372 cm³/mol. The Labute approximate surface area is 520 Å². The van der Waals surface area contributed by atoms with Crippen LogP contribution in [0.25, 0.3) is 0 Å². The largest absolute Gasteiger partial charge is 0.508 e. The van der Waals surface area contributed by atoms with Gasteiger partial charge in [-0.1, -0.05) is 12.1 Å². The van der Waals surface area contributed by atoms with Crippen LogP contribution in [0, 0.1) is 0 Å². The van der Waals surface area contributed by atoms with Crippen molar-refractivity contribution in [3.8, 4) is 17.2 Å². The van der Waals surface area contributed by atoms with Crippen molar-refractivity contribution >= 4 is 128 Å². The zero-order valence-corrected chi connectivity index (χ0v) is 72.4. The third kappa shape index (κ3) is 32.4. The van der Waals surface area contributed by atoms with E-state index in [9.17, 15) is 15.3 Å². The number of rotatable bonds is 38. The Bertz CT molecular complexity index is 2230. The smallest absolute Gasteiger partial charge is 0.314 e. The lowest BCUT2D eigenvalue weighted by Crippen LogP contribution is -2.63. The molecule has 0 spiro atoms. The van der Waals surface area contributed by atoms with Gasteiger partial charge in [-0.15, -0.1) is 0 Å². The van der Waals surface area contributed by atoms with E-state index in [0.717, 1.165) is 48.9 Å². The molecule has 0 aromatic heterocycles. The minimum absolute atomic E-state index is 0.119. The number of aryl methyl sites for hydroxylation is 2. The first-order valence-electron chi connectivity index (χ1n) is 29.3. The first kappa shape index (κ1) is 79.6. The zero-order chi connectivity index (χ0) is 64.8. The van der Waals surface area contributed by atoms with Gasteiger partial charge < -0.3 is 77.7 Å². The van der Waals surface area contributed by atoms with E-state index in [1.54, 1.807) is 19.2 Å². The summed E-state index contributed by atoms with van der Waals surface area (Å²) in [7, 11) is -38.9. The number of phenols is 2. The summed E-state index contributed by atoms with van der Waals surface area (Å²) in [5, 5.41) is 29.6. The summed E-state index contributed by atoms with van der Waals surface area (Å²) in [6.07, 6.45) is 3.61. The van der Waals surface area contributed by atoms with Crippen molar-refractivity contribution in [3.63, 3.8) is 0 Å². The monoisotopic (exact) mass is 1420 g/mol. The summed E-state index contributed by atoms with van der Waals surface area (Å²) in [5.74, 6) is 0.755. The molecule has 0 aliphatic rings. The van der Waals surface area contributed by atoms with Gasteiger partial charge in [0.15, 0.2) is 28.1 Å². The van der Waals surface area contributed by atoms with Crippen LogP contribution in [0.3, 0.4) is 0 Å². The fourth-order valence-electron chi connectivity index (χ4n) is 12.0. The number of hydrogen-bond donors (Lipinski definition) is 3. The molecular formula is C50H116O18Si15. The molecule has 0 fully saturated rings. The van der Waals surface area contributed by atoms with Crippen LogP contribution < -0.4 is 4.74 Å². The number of ether oxygens (including phenoxy) is 1. The SMILES string of the molecule is COc1cc(CCC[Si](C)(C)O[Si](C)(C)O[Si](C)(C)O[Si](C)(C)O[Si](C)(C)O[Si](C)(C)O[Si](C)(C)O[Si](C)(C)O[Si](C)(C)O[Si](C)(C)O[Si](C)(C)O[Si](C)(C)O[Si](C)(C)O[Si](C)(C)O[Si](C)(C)CCCc2ccc(O)c(CO)c2)ccc1O. The normalized spacial score (nSPS) is 14.9. The number of hydrogen-bond acceptors (Lipinski definition) is 18. The molecule has 0 atom stereocenters. The molecule has 0 bridgehead atoms. The van der Waals surface area contributed by atoms with Crippen molar-refractivity contribution in [1.82, 2.24) is 0 Å². The number of benzene rings is 2. The van der Waals surface area contributed by atoms with Crippen LogP contribution in [0.5, 0.6) is 17.2 Å². The van der Waals surface area contributed by atoms with Gasteiger partial charge in [0.1, 0.15) is 5.75 Å². The lowest BCUT2D eigenvalue weighted by molar-refractivity contribution is 0.251. The van der Waals surface area contributed by atoms with Crippen molar-refractivity contribution < 1.29 is 77.7 Å². The molecule has 2 rings (SSSR count). The van der Waals surface area contributed by atoms with Gasteiger partial charge in [0.25, 0.3) is 0 Å². The Morgan fingerprint density at radius 1 is 0.301 bits per heavy atom. The summed E-state index contributed by atoms with van der Waals surface area (Å²) in [6.45, 7) is 62.6. The van der Waals surface area contributed by atoms with E-state index in [-0.39, 0.29) is 18.1 Å². The highest BCUT2D eigenvalue weighted by atomic mass is 28.5. The van der Waals surface area contributed by atoms with Crippen LogP contribution in [0.2, 0.25) is 208 Å². The maximum atomic E-state index is 10.0. The summed E-state index contributed by atoms with van der Waals surface area (Å²) < 4.78 is 102. The van der Waals surface area contributed by atoms with Crippen LogP contribution in [0.15, 0.2) is 36.4 Å². The van der Waals surface area contributed by atoms with E-state index in [1.807, 2.05) is 24.3 Å². The summed E-state index contributed by atoms with van der Waals surface area (Å²) in [5.41, 5.74) is 2.76. The standard InChI is InChI=1S/C50H116O18Si15/c1-54-50-43-46(37-39-49(50)53)35-33-41-70(4,5)56-72(8,9)58-74(12,13)60-76(16,17)62-78(20,21)64-80(24,25)66-82(28,29)68-83(30,31)67-81(26,27)65-79(22,23)63-77(18,19)61-75(14,15)59-73(10,11)57-71(6,7)55-69(2,3)40-32-34-45-36-38-48(52)47(42-45)44-51/h36-39,42-43,51-53H,32-35,40-41,44H2,1-31H3. The van der Waals surface area contributed by atoms with Crippen molar-refractivity contribution in [2.24, 2.45) is 0 Å². The zero-order valence-electron chi connectivity index (χ0n) is 57.4. The first-order valence-corrected chi connectivity index (χ1v) is 72.2. The van der Waals surface area contributed by atoms with Crippen LogP contribution in [0.4, 0.5) is 0 Å². The molecule has 0 saturated carbocycles. The van der Waals surface area contributed by atoms with E-state index in [4.69, 9.17) is 62.3 Å². The molecule has 2 aromatic rings. The van der Waals surface area contributed by atoms with Gasteiger partial charge in [-0.2, -0.15) is 0 Å². The molecule has 0 heterocycles. The van der Waals surface area contributed by atoms with Crippen LogP contribution in [-0.4, -0.2) is 150 Å². The van der Waals surface area contributed by atoms with Crippen molar-refractivity contribution in [3.05, 3.63) is 53.1 Å². The van der Waals surface area contributed by atoms with E-state index < -0.39 is 128 Å². The Morgan fingerprint density at radius 2 is 0.518 bits per heavy atom. The molecule has 0 aliphatic carbocycles. The number of aliphatic hydroxyl groups excluding tert-OH is 1. The Balaban J connectivity index is 1.99. The highest BCUT2D eigenvalue weighted by Crippen LogP contribution is 2.35. The van der Waals surface area contributed by atoms with E-state index >= 15 is 0 Å². The van der Waals surface area contributed by atoms with E-state index in [2.05, 4.69) is 196 Å². The lowest BCUT2D eigenvalue weighted by Gasteiger charge is -2.45. The summed E-state index contributed by atoms with van der Waals surface area (Å²) >= 11 is 0. The summed E-state index contributed by atoms with van der Waals surface area (Å²) in [6, 6.07) is 12.9. The fraction of sp³-hybridized carbons (Fsp3) is 0.760. The molecule has 83 heavy (non-hydrogen) atoms. The first-order chi connectivity index (χ1) is 36.7. The van der Waals surface area contributed by atoms with Gasteiger partial charge in [0.05, 0.1) is 13.7 Å². The Kier molecular flexibility index (Phi) is 28.2. The highest BCUT2D eigenvalue weighted by molar-refractivity contribution is 6.95. The average Bonchev–Trinajstić information content (AvgIpc) is 3.15. The minimum atomic E-state index is -2.86. The third-order valence-corrected chi connectivity index (χ3v) is 70.7. The van der Waals surface area contributed by atoms with Gasteiger partial charge in [-0.05, 0) is 270 Å². The van der Waals surface area contributed by atoms with Gasteiger partial charge in [-0.3, -0.25) is 0 Å². The van der Waals surface area contributed by atoms with E-state index in [0.29, 0.717) is 11.3 Å². The fourth-order valence-corrected chi connectivity index (χ4v) is 89.4. The molecule has 2 aromatic carbocycles. The number of aromatic hydroxyl groups is 2. The Morgan fingerprint density at radius 3 is 0.747 bits per heavy atom. The molecule has 3 N–H and O–H groups in total. The van der Waals surface area contributed by atoms with Crippen LogP contribution in [-0.2, 0) is 77.1 Å².